The predicted octanol–water partition coefficient (Wildman–Crippen LogP) is 2.79. The first-order valence-electron chi connectivity index (χ1n) is 8.15. The van der Waals surface area contributed by atoms with Crippen molar-refractivity contribution in [2.45, 2.75) is 38.1 Å². The lowest BCUT2D eigenvalue weighted by molar-refractivity contribution is -0.148. The van der Waals surface area contributed by atoms with E-state index in [9.17, 15) is 9.59 Å². The van der Waals surface area contributed by atoms with Crippen molar-refractivity contribution in [3.05, 3.63) is 35.2 Å². The molecular formula is C17H18ClN3O4. The maximum Gasteiger partial charge on any atom is 0.326 e. The number of aliphatic carboxylic acids is 1. The monoisotopic (exact) mass is 363 g/mol. The summed E-state index contributed by atoms with van der Waals surface area (Å²) in [4.78, 5) is 29.1. The number of likely N-dealkylation sites (tertiary alicyclic amines) is 1. The summed E-state index contributed by atoms with van der Waals surface area (Å²) in [6, 6.07) is 6.42. The van der Waals surface area contributed by atoms with E-state index in [2.05, 4.69) is 10.1 Å². The second kappa shape index (κ2) is 7.65. The van der Waals surface area contributed by atoms with Gasteiger partial charge in [-0.15, -0.1) is 0 Å². The number of carboxylic acids is 1. The van der Waals surface area contributed by atoms with E-state index in [0.29, 0.717) is 42.5 Å². The van der Waals surface area contributed by atoms with Gasteiger partial charge in [-0.2, -0.15) is 4.98 Å². The molecule has 25 heavy (non-hydrogen) atoms. The molecule has 1 aliphatic rings. The Morgan fingerprint density at radius 3 is 2.80 bits per heavy atom. The zero-order chi connectivity index (χ0) is 17.8. The number of nitrogens with zero attached hydrogens (tertiary/aromatic N) is 3. The molecule has 2 heterocycles. The van der Waals surface area contributed by atoms with Crippen LogP contribution in [0, 0.1) is 0 Å². The average molecular weight is 364 g/mol. The van der Waals surface area contributed by atoms with E-state index in [4.69, 9.17) is 21.2 Å². The number of halogens is 1. The first kappa shape index (κ1) is 17.4. The highest BCUT2D eigenvalue weighted by Crippen LogP contribution is 2.21. The molecule has 1 aromatic heterocycles. The molecule has 132 valence electrons. The van der Waals surface area contributed by atoms with Gasteiger partial charge in [0.25, 0.3) is 0 Å². The van der Waals surface area contributed by atoms with Crippen LogP contribution in [0.15, 0.2) is 28.8 Å². The van der Waals surface area contributed by atoms with Crippen molar-refractivity contribution < 1.29 is 19.2 Å². The summed E-state index contributed by atoms with van der Waals surface area (Å²) in [7, 11) is 0. The standard InChI is InChI=1S/C17H18ClN3O4/c18-12-8-6-11(7-9-12)16-19-14(25-20-16)4-1-5-15(22)21-10-2-3-13(21)17(23)24/h6-9,13H,1-5,10H2,(H,23,24). The lowest BCUT2D eigenvalue weighted by Crippen LogP contribution is -2.40. The van der Waals surface area contributed by atoms with Crippen LogP contribution in [0.1, 0.15) is 31.6 Å². The minimum atomic E-state index is -0.935. The second-order valence-corrected chi connectivity index (χ2v) is 6.39. The van der Waals surface area contributed by atoms with Crippen LogP contribution in [-0.4, -0.2) is 44.6 Å². The minimum absolute atomic E-state index is 0.137. The van der Waals surface area contributed by atoms with E-state index in [1.54, 1.807) is 24.3 Å². The van der Waals surface area contributed by atoms with Crippen molar-refractivity contribution in [1.82, 2.24) is 15.0 Å². The van der Waals surface area contributed by atoms with E-state index in [0.717, 1.165) is 12.0 Å². The Hall–Kier alpha value is -2.41. The fourth-order valence-corrected chi connectivity index (χ4v) is 3.06. The van der Waals surface area contributed by atoms with Crippen molar-refractivity contribution in [2.24, 2.45) is 0 Å². The molecule has 1 fully saturated rings. The summed E-state index contributed by atoms with van der Waals surface area (Å²) in [6.45, 7) is 0.511. The summed E-state index contributed by atoms with van der Waals surface area (Å²) in [5, 5.41) is 13.7. The molecule has 0 aliphatic carbocycles. The lowest BCUT2D eigenvalue weighted by Gasteiger charge is -2.21. The zero-order valence-electron chi connectivity index (χ0n) is 13.5. The highest BCUT2D eigenvalue weighted by atomic mass is 35.5. The van der Waals surface area contributed by atoms with Gasteiger partial charge in [-0.05, 0) is 43.5 Å². The van der Waals surface area contributed by atoms with Gasteiger partial charge in [0.15, 0.2) is 0 Å². The Balaban J connectivity index is 1.52. The largest absolute Gasteiger partial charge is 0.480 e. The molecule has 0 spiro atoms. The third-order valence-electron chi connectivity index (χ3n) is 4.21. The predicted molar refractivity (Wildman–Crippen MR) is 90.1 cm³/mol. The van der Waals surface area contributed by atoms with Gasteiger partial charge >= 0.3 is 5.97 Å². The Morgan fingerprint density at radius 1 is 1.32 bits per heavy atom. The van der Waals surface area contributed by atoms with Gasteiger partial charge < -0.3 is 14.5 Å². The Morgan fingerprint density at radius 2 is 2.08 bits per heavy atom. The Labute approximate surface area is 149 Å². The summed E-state index contributed by atoms with van der Waals surface area (Å²) < 4.78 is 5.20. The highest BCUT2D eigenvalue weighted by molar-refractivity contribution is 6.30. The molecule has 1 unspecified atom stereocenters. The lowest BCUT2D eigenvalue weighted by atomic mass is 10.2. The van der Waals surface area contributed by atoms with E-state index in [1.165, 1.54) is 4.90 Å². The number of benzene rings is 1. The van der Waals surface area contributed by atoms with Gasteiger partial charge in [0.05, 0.1) is 0 Å². The summed E-state index contributed by atoms with van der Waals surface area (Å²) >= 11 is 5.85. The molecule has 0 radical (unpaired) electrons. The van der Waals surface area contributed by atoms with Crippen LogP contribution in [-0.2, 0) is 16.0 Å². The number of aryl methyl sites for hydroxylation is 1. The van der Waals surface area contributed by atoms with E-state index in [-0.39, 0.29) is 12.3 Å². The molecule has 1 aliphatic heterocycles. The summed E-state index contributed by atoms with van der Waals surface area (Å²) in [6.07, 6.45) is 2.52. The van der Waals surface area contributed by atoms with Crippen LogP contribution >= 0.6 is 11.6 Å². The number of rotatable bonds is 6. The minimum Gasteiger partial charge on any atom is -0.480 e. The molecule has 1 amide bonds. The second-order valence-electron chi connectivity index (χ2n) is 5.96. The van der Waals surface area contributed by atoms with Gasteiger partial charge in [0, 0.05) is 30.0 Å². The number of carboxylic acid groups (broad SMARTS) is 1. The van der Waals surface area contributed by atoms with Crippen LogP contribution in [0.5, 0.6) is 0 Å². The first-order valence-corrected chi connectivity index (χ1v) is 8.53. The molecule has 0 bridgehead atoms. The van der Waals surface area contributed by atoms with Gasteiger partial charge in [0.2, 0.25) is 17.6 Å². The summed E-state index contributed by atoms with van der Waals surface area (Å²) in [5.41, 5.74) is 0.803. The van der Waals surface area contributed by atoms with Crippen LogP contribution in [0.2, 0.25) is 5.02 Å². The van der Waals surface area contributed by atoms with Gasteiger partial charge in [-0.1, -0.05) is 16.8 Å². The molecule has 2 aromatic rings. The molecule has 0 saturated carbocycles. The Kier molecular flexibility index (Phi) is 5.33. The Bertz CT molecular complexity index is 760. The normalized spacial score (nSPS) is 17.0. The highest BCUT2D eigenvalue weighted by Gasteiger charge is 2.33. The number of hydrogen-bond donors (Lipinski definition) is 1. The van der Waals surface area contributed by atoms with Crippen molar-refractivity contribution in [1.29, 1.82) is 0 Å². The third kappa shape index (κ3) is 4.17. The SMILES string of the molecule is O=C(O)C1CCCN1C(=O)CCCc1nc(-c2ccc(Cl)cc2)no1. The maximum absolute atomic E-state index is 12.2. The number of carbonyl (C=O) groups is 2. The van der Waals surface area contributed by atoms with Gasteiger partial charge in [-0.25, -0.2) is 4.79 Å². The molecule has 8 heteroatoms. The number of amides is 1. The molecule has 1 aromatic carbocycles. The van der Waals surface area contributed by atoms with Crippen molar-refractivity contribution >= 4 is 23.5 Å². The molecule has 1 saturated heterocycles. The van der Waals surface area contributed by atoms with E-state index in [1.807, 2.05) is 0 Å². The maximum atomic E-state index is 12.2. The van der Waals surface area contributed by atoms with Crippen LogP contribution < -0.4 is 0 Å². The smallest absolute Gasteiger partial charge is 0.326 e. The number of aromatic nitrogens is 2. The van der Waals surface area contributed by atoms with Gasteiger partial charge in [-0.3, -0.25) is 4.79 Å². The fraction of sp³-hybridized carbons (Fsp3) is 0.412. The number of hydrogen-bond acceptors (Lipinski definition) is 5. The topological polar surface area (TPSA) is 96.5 Å². The van der Waals surface area contributed by atoms with E-state index >= 15 is 0 Å². The van der Waals surface area contributed by atoms with Crippen molar-refractivity contribution in [3.8, 4) is 11.4 Å². The molecule has 7 nitrogen and oxygen atoms in total. The van der Waals surface area contributed by atoms with Crippen LogP contribution in [0.3, 0.4) is 0 Å². The van der Waals surface area contributed by atoms with Crippen molar-refractivity contribution in [3.63, 3.8) is 0 Å². The molecule has 3 rings (SSSR count). The molecule has 1 N–H and O–H groups in total. The summed E-state index contributed by atoms with van der Waals surface area (Å²) in [5.74, 6) is -0.143. The molecular weight excluding hydrogens is 346 g/mol. The van der Waals surface area contributed by atoms with Crippen molar-refractivity contribution in [2.75, 3.05) is 6.54 Å². The van der Waals surface area contributed by atoms with E-state index < -0.39 is 12.0 Å². The first-order chi connectivity index (χ1) is 12.0. The zero-order valence-corrected chi connectivity index (χ0v) is 14.3. The number of carbonyl (C=O) groups excluding carboxylic acids is 1. The van der Waals surface area contributed by atoms with Crippen LogP contribution in [0.4, 0.5) is 0 Å². The average Bonchev–Trinajstić information content (AvgIpc) is 3.25. The van der Waals surface area contributed by atoms with Crippen LogP contribution in [0.25, 0.3) is 11.4 Å². The fourth-order valence-electron chi connectivity index (χ4n) is 2.93. The third-order valence-corrected chi connectivity index (χ3v) is 4.46. The molecule has 1 atom stereocenters. The van der Waals surface area contributed by atoms with Gasteiger partial charge in [0.1, 0.15) is 6.04 Å². The quantitative estimate of drug-likeness (QED) is 0.847.